The molecule has 3 nitrogen and oxygen atoms in total. The molecule has 1 aliphatic rings. The van der Waals surface area contributed by atoms with E-state index < -0.39 is 0 Å². The van der Waals surface area contributed by atoms with Gasteiger partial charge in [0.2, 0.25) is 5.91 Å². The minimum Gasteiger partial charge on any atom is -0.375 e. The number of benzene rings is 1. The molecule has 1 aromatic carbocycles. The summed E-state index contributed by atoms with van der Waals surface area (Å²) in [5, 5.41) is 0.126. The highest BCUT2D eigenvalue weighted by molar-refractivity contribution is 7.99. The summed E-state index contributed by atoms with van der Waals surface area (Å²) in [6.07, 6.45) is 0.779. The van der Waals surface area contributed by atoms with Crippen molar-refractivity contribution in [3.63, 3.8) is 0 Å². The lowest BCUT2D eigenvalue weighted by atomic mass is 10.1. The molecular formula is C14H18FNO2S. The first-order valence-corrected chi connectivity index (χ1v) is 7.40. The van der Waals surface area contributed by atoms with Gasteiger partial charge in [0.25, 0.3) is 0 Å². The fourth-order valence-corrected chi connectivity index (χ4v) is 3.47. The van der Waals surface area contributed by atoms with Crippen LogP contribution in [0.4, 0.5) is 4.39 Å². The van der Waals surface area contributed by atoms with Crippen LogP contribution in [0.2, 0.25) is 0 Å². The number of halogens is 1. The summed E-state index contributed by atoms with van der Waals surface area (Å²) >= 11 is 1.72. The number of nitrogens with zero attached hydrogens (tertiary/aromatic N) is 1. The summed E-state index contributed by atoms with van der Waals surface area (Å²) < 4.78 is 18.6. The van der Waals surface area contributed by atoms with Gasteiger partial charge in [-0.15, -0.1) is 0 Å². The third-order valence-electron chi connectivity index (χ3n) is 3.21. The summed E-state index contributed by atoms with van der Waals surface area (Å²) in [5.74, 6) is 0.683. The highest BCUT2D eigenvalue weighted by Crippen LogP contribution is 2.35. The Morgan fingerprint density at radius 2 is 2.26 bits per heavy atom. The molecule has 0 bridgehead atoms. The van der Waals surface area contributed by atoms with Crippen molar-refractivity contribution in [3.05, 3.63) is 35.6 Å². The number of hydrogen-bond donors (Lipinski definition) is 0. The van der Waals surface area contributed by atoms with Gasteiger partial charge in [-0.2, -0.15) is 11.8 Å². The summed E-state index contributed by atoms with van der Waals surface area (Å²) in [7, 11) is 1.52. The van der Waals surface area contributed by atoms with Gasteiger partial charge in [-0.25, -0.2) is 4.39 Å². The first-order valence-electron chi connectivity index (χ1n) is 6.35. The van der Waals surface area contributed by atoms with E-state index in [1.54, 1.807) is 22.7 Å². The van der Waals surface area contributed by atoms with E-state index >= 15 is 0 Å². The van der Waals surface area contributed by atoms with Crippen LogP contribution >= 0.6 is 11.8 Å². The molecule has 5 heteroatoms. The minimum atomic E-state index is -0.156. The maximum atomic E-state index is 13.8. The molecule has 0 aliphatic carbocycles. The lowest BCUT2D eigenvalue weighted by Crippen LogP contribution is -2.35. The van der Waals surface area contributed by atoms with Gasteiger partial charge in [-0.05, 0) is 12.5 Å². The average Bonchev–Trinajstić information content (AvgIpc) is 2.65. The zero-order valence-electron chi connectivity index (χ0n) is 11.0. The minimum absolute atomic E-state index is 0.0114. The molecule has 0 saturated carbocycles. The zero-order valence-corrected chi connectivity index (χ0v) is 11.8. The van der Waals surface area contributed by atoms with Crippen molar-refractivity contribution < 1.29 is 13.9 Å². The summed E-state index contributed by atoms with van der Waals surface area (Å²) in [6.45, 7) is 1.49. The molecule has 0 spiro atoms. The van der Waals surface area contributed by atoms with Gasteiger partial charge in [0, 0.05) is 36.8 Å². The van der Waals surface area contributed by atoms with Crippen molar-refractivity contribution in [2.24, 2.45) is 0 Å². The topological polar surface area (TPSA) is 29.5 Å². The predicted molar refractivity (Wildman–Crippen MR) is 74.7 cm³/mol. The quantitative estimate of drug-likeness (QED) is 0.853. The maximum Gasteiger partial charge on any atom is 0.248 e. The van der Waals surface area contributed by atoms with Crippen molar-refractivity contribution in [1.29, 1.82) is 0 Å². The Balaban J connectivity index is 2.01. The summed E-state index contributed by atoms with van der Waals surface area (Å²) in [4.78, 5) is 13.6. The van der Waals surface area contributed by atoms with Crippen LogP contribution in [0.5, 0.6) is 0 Å². The van der Waals surface area contributed by atoms with Crippen molar-refractivity contribution in [2.75, 3.05) is 32.6 Å². The van der Waals surface area contributed by atoms with E-state index in [4.69, 9.17) is 4.74 Å². The van der Waals surface area contributed by atoms with Gasteiger partial charge in [0.1, 0.15) is 12.4 Å². The van der Waals surface area contributed by atoms with E-state index in [9.17, 15) is 9.18 Å². The summed E-state index contributed by atoms with van der Waals surface area (Å²) in [6, 6.07) is 6.89. The molecule has 1 aliphatic heterocycles. The van der Waals surface area contributed by atoms with Crippen molar-refractivity contribution in [1.82, 2.24) is 4.90 Å². The molecule has 2 rings (SSSR count). The molecule has 1 aromatic rings. The largest absolute Gasteiger partial charge is 0.375 e. The van der Waals surface area contributed by atoms with Crippen LogP contribution in [0, 0.1) is 5.82 Å². The number of rotatable bonds is 3. The molecule has 1 fully saturated rings. The van der Waals surface area contributed by atoms with E-state index in [0.29, 0.717) is 13.1 Å². The molecular weight excluding hydrogens is 265 g/mol. The number of thioether (sulfide) groups is 1. The fraction of sp³-hybridized carbons (Fsp3) is 0.500. The van der Waals surface area contributed by atoms with E-state index in [0.717, 1.165) is 17.7 Å². The second-order valence-electron chi connectivity index (χ2n) is 4.48. The molecule has 1 saturated heterocycles. The Kier molecular flexibility index (Phi) is 5.22. The van der Waals surface area contributed by atoms with E-state index in [-0.39, 0.29) is 23.6 Å². The van der Waals surface area contributed by atoms with Crippen LogP contribution in [0.15, 0.2) is 24.3 Å². The van der Waals surface area contributed by atoms with Crippen LogP contribution in [-0.4, -0.2) is 43.4 Å². The Morgan fingerprint density at radius 1 is 1.47 bits per heavy atom. The molecule has 0 radical (unpaired) electrons. The standard InChI is InChI=1S/C14H18FNO2S/c1-18-10-14(17)16-7-6-13(19-9-8-16)11-4-2-3-5-12(11)15/h2-5,13H,6-10H2,1H3. The first kappa shape index (κ1) is 14.3. The van der Waals surface area contributed by atoms with Gasteiger partial charge >= 0.3 is 0 Å². The maximum absolute atomic E-state index is 13.8. The van der Waals surface area contributed by atoms with E-state index in [1.165, 1.54) is 13.2 Å². The second-order valence-corrected chi connectivity index (χ2v) is 5.79. The Morgan fingerprint density at radius 3 is 3.00 bits per heavy atom. The normalized spacial score (nSPS) is 20.1. The van der Waals surface area contributed by atoms with Gasteiger partial charge < -0.3 is 9.64 Å². The average molecular weight is 283 g/mol. The van der Waals surface area contributed by atoms with Gasteiger partial charge in [0.05, 0.1) is 0 Å². The third kappa shape index (κ3) is 3.70. The third-order valence-corrected chi connectivity index (χ3v) is 4.52. The fourth-order valence-electron chi connectivity index (χ4n) is 2.22. The van der Waals surface area contributed by atoms with Crippen molar-refractivity contribution in [3.8, 4) is 0 Å². The zero-order chi connectivity index (χ0) is 13.7. The lowest BCUT2D eigenvalue weighted by Gasteiger charge is -2.19. The van der Waals surface area contributed by atoms with Gasteiger partial charge in [0.15, 0.2) is 0 Å². The Labute approximate surface area is 117 Å². The molecule has 1 unspecified atom stereocenters. The molecule has 1 atom stereocenters. The van der Waals surface area contributed by atoms with E-state index in [1.807, 2.05) is 12.1 Å². The molecule has 0 N–H and O–H groups in total. The number of methoxy groups -OCH3 is 1. The van der Waals surface area contributed by atoms with Crippen LogP contribution in [-0.2, 0) is 9.53 Å². The van der Waals surface area contributed by atoms with Crippen LogP contribution in [0.1, 0.15) is 17.2 Å². The van der Waals surface area contributed by atoms with Crippen LogP contribution in [0.3, 0.4) is 0 Å². The van der Waals surface area contributed by atoms with Crippen LogP contribution in [0.25, 0.3) is 0 Å². The number of amides is 1. The first-order chi connectivity index (χ1) is 9.22. The molecule has 104 valence electrons. The van der Waals surface area contributed by atoms with Gasteiger partial charge in [-0.1, -0.05) is 18.2 Å². The SMILES string of the molecule is COCC(=O)N1CCSC(c2ccccc2F)CC1. The molecule has 0 aromatic heterocycles. The van der Waals surface area contributed by atoms with Gasteiger partial charge in [-0.3, -0.25) is 4.79 Å². The summed E-state index contributed by atoms with van der Waals surface area (Å²) in [5.41, 5.74) is 0.744. The molecule has 1 amide bonds. The highest BCUT2D eigenvalue weighted by atomic mass is 32.2. The Bertz CT molecular complexity index is 441. The second kappa shape index (κ2) is 6.91. The number of hydrogen-bond acceptors (Lipinski definition) is 3. The number of carbonyl (C=O) groups is 1. The number of ether oxygens (including phenoxy) is 1. The lowest BCUT2D eigenvalue weighted by molar-refractivity contribution is -0.134. The molecule has 1 heterocycles. The number of carbonyl (C=O) groups excluding carboxylic acids is 1. The molecule has 19 heavy (non-hydrogen) atoms. The predicted octanol–water partition coefficient (Wildman–Crippen LogP) is 2.48. The smallest absolute Gasteiger partial charge is 0.248 e. The highest BCUT2D eigenvalue weighted by Gasteiger charge is 2.23. The Hall–Kier alpha value is -1.07. The van der Waals surface area contributed by atoms with Crippen molar-refractivity contribution >= 4 is 17.7 Å². The van der Waals surface area contributed by atoms with Crippen molar-refractivity contribution in [2.45, 2.75) is 11.7 Å². The van der Waals surface area contributed by atoms with Crippen LogP contribution < -0.4 is 0 Å². The van der Waals surface area contributed by atoms with E-state index in [2.05, 4.69) is 0 Å². The monoisotopic (exact) mass is 283 g/mol.